The number of hydrogen-bond acceptors (Lipinski definition) is 16. The highest BCUT2D eigenvalue weighted by atomic mass is 32.2. The Morgan fingerprint density at radius 2 is 1.71 bits per heavy atom. The van der Waals surface area contributed by atoms with Gasteiger partial charge in [0.2, 0.25) is 5.88 Å². The largest absolute Gasteiger partial charge is 0.493 e. The van der Waals surface area contributed by atoms with Crippen LogP contribution in [0.1, 0.15) is 34.0 Å². The molecule has 284 valence electrons. The third-order valence-corrected chi connectivity index (χ3v) is 9.41. The zero-order chi connectivity index (χ0) is 39.9. The van der Waals surface area contributed by atoms with Crippen molar-refractivity contribution in [1.29, 1.82) is 5.26 Å². The minimum atomic E-state index is -4.69. The van der Waals surface area contributed by atoms with Crippen LogP contribution in [0.4, 0.5) is 28.4 Å². The van der Waals surface area contributed by atoms with E-state index in [9.17, 15) is 38.0 Å². The van der Waals surface area contributed by atoms with E-state index in [2.05, 4.69) is 35.1 Å². The van der Waals surface area contributed by atoms with Crippen LogP contribution < -0.4 is 15.6 Å². The first-order valence-electron chi connectivity index (χ1n) is 16.0. The molecule has 0 saturated heterocycles. The zero-order valence-corrected chi connectivity index (χ0v) is 30.8. The third kappa shape index (κ3) is 9.19. The van der Waals surface area contributed by atoms with Crippen molar-refractivity contribution in [3.05, 3.63) is 99.3 Å². The van der Waals surface area contributed by atoms with Gasteiger partial charge >= 0.3 is 0 Å². The van der Waals surface area contributed by atoms with Crippen molar-refractivity contribution in [2.75, 3.05) is 18.5 Å². The number of nitriles is 1. The first-order chi connectivity index (χ1) is 26.3. The van der Waals surface area contributed by atoms with E-state index in [-0.39, 0.29) is 69.5 Å². The molecule has 0 unspecified atom stereocenters. The van der Waals surface area contributed by atoms with Crippen LogP contribution in [0.3, 0.4) is 0 Å². The van der Waals surface area contributed by atoms with Crippen molar-refractivity contribution < 1.29 is 47.3 Å². The number of rotatable bonds is 14. The molecule has 0 aliphatic carbocycles. The number of aryl methyl sites for hydroxylation is 1. The highest BCUT2D eigenvalue weighted by Crippen LogP contribution is 2.37. The second kappa shape index (κ2) is 17.4. The molecule has 1 aromatic heterocycles. The minimum absolute atomic E-state index is 0.0343. The lowest BCUT2D eigenvalue weighted by Gasteiger charge is -2.14. The van der Waals surface area contributed by atoms with E-state index in [0.29, 0.717) is 34.4 Å². The van der Waals surface area contributed by atoms with Gasteiger partial charge in [0.1, 0.15) is 28.9 Å². The molecular weight excluding hydrogens is 759 g/mol. The maximum Gasteiger partial charge on any atom is 0.295 e. The Bertz CT molecular complexity index is 2550. The summed E-state index contributed by atoms with van der Waals surface area (Å²) < 4.78 is 45.3. The Kier molecular flexibility index (Phi) is 12.7. The number of azo groups is 2. The van der Waals surface area contributed by atoms with E-state index in [1.807, 2.05) is 6.07 Å². The average Bonchev–Trinajstić information content (AvgIpc) is 3.16. The van der Waals surface area contributed by atoms with Crippen LogP contribution in [0.25, 0.3) is 10.8 Å². The topological polar surface area (TPSA) is 267 Å². The van der Waals surface area contributed by atoms with Gasteiger partial charge in [-0.05, 0) is 86.3 Å². The molecule has 0 aliphatic heterocycles. The third-order valence-electron chi connectivity index (χ3n) is 7.96. The van der Waals surface area contributed by atoms with E-state index >= 15 is 0 Å². The fraction of sp³-hybridized carbons (Fsp3) is 0.171. The number of aromatic hydroxyl groups is 1. The number of aliphatic hydroxyl groups is 1. The van der Waals surface area contributed by atoms with E-state index in [1.165, 1.54) is 49.4 Å². The molecule has 18 nitrogen and oxygen atoms in total. The summed E-state index contributed by atoms with van der Waals surface area (Å²) >= 11 is 0.520. The number of benzene rings is 4. The molecule has 0 aliphatic rings. The number of ether oxygens (including phenoxy) is 1. The lowest BCUT2D eigenvalue weighted by Crippen LogP contribution is -2.23. The van der Waals surface area contributed by atoms with Gasteiger partial charge in [0.15, 0.2) is 5.69 Å². The van der Waals surface area contributed by atoms with Crippen molar-refractivity contribution in [2.24, 2.45) is 20.5 Å². The molecule has 4 aromatic carbocycles. The zero-order valence-electron chi connectivity index (χ0n) is 29.1. The molecule has 5 N–H and O–H groups in total. The van der Waals surface area contributed by atoms with Crippen LogP contribution in [0.2, 0.25) is 0 Å². The van der Waals surface area contributed by atoms with Crippen LogP contribution in [0, 0.1) is 25.2 Å². The van der Waals surface area contributed by atoms with Gasteiger partial charge in [-0.1, -0.05) is 11.1 Å². The van der Waals surface area contributed by atoms with E-state index in [0.717, 1.165) is 10.6 Å². The smallest absolute Gasteiger partial charge is 0.295 e. The standard InChI is InChI=1S/C35H31N7O11S2/c1-4-42-34(45)27(18-36)20(3)32(35(42)46)41-38-23-8-5-21(6-9-23)33(44)37-29-13-19(2)28(17-30(29)51-12-11-43)40-39-24-10-7-22-14-25(54-53-52-47)16-31(26(22)15-24)55(48,49)50/h5-10,13-17,43,46-47H,4,11-12H2,1-3H3,(H,37,44)(H,48,49,50)/b40-39+,41-38+. The quantitative estimate of drug-likeness (QED) is 0.0242. The molecule has 0 radical (unpaired) electrons. The van der Waals surface area contributed by atoms with Gasteiger partial charge < -0.3 is 20.3 Å². The number of carbonyl (C=O) groups excluding carboxylic acids is 1. The molecular formula is C35H31N7O11S2. The predicted octanol–water partition coefficient (Wildman–Crippen LogP) is 7.34. The molecule has 5 rings (SSSR count). The lowest BCUT2D eigenvalue weighted by atomic mass is 10.1. The fourth-order valence-corrected chi connectivity index (χ4v) is 6.52. The van der Waals surface area contributed by atoms with Crippen molar-refractivity contribution in [1.82, 2.24) is 4.57 Å². The van der Waals surface area contributed by atoms with Gasteiger partial charge in [-0.15, -0.1) is 9.45 Å². The minimum Gasteiger partial charge on any atom is -0.493 e. The number of carbonyl (C=O) groups is 1. The molecule has 1 heterocycles. The highest BCUT2D eigenvalue weighted by molar-refractivity contribution is 7.94. The number of nitrogens with one attached hydrogen (secondary N) is 1. The maximum absolute atomic E-state index is 13.3. The Balaban J connectivity index is 1.38. The molecule has 0 saturated carbocycles. The van der Waals surface area contributed by atoms with E-state index in [1.54, 1.807) is 32.0 Å². The number of aliphatic hydroxyl groups excluding tert-OH is 1. The van der Waals surface area contributed by atoms with Crippen LogP contribution in [-0.2, 0) is 26.0 Å². The number of hydrogen-bond donors (Lipinski definition) is 5. The average molecular weight is 790 g/mol. The second-order valence-electron chi connectivity index (χ2n) is 11.5. The van der Waals surface area contributed by atoms with Crippen LogP contribution in [0.5, 0.6) is 11.6 Å². The summed E-state index contributed by atoms with van der Waals surface area (Å²) in [5.41, 5.74) is 1.27. The molecule has 5 aromatic rings. The van der Waals surface area contributed by atoms with Gasteiger partial charge in [0.05, 0.1) is 41.4 Å². The van der Waals surface area contributed by atoms with Gasteiger partial charge in [-0.2, -0.15) is 29.0 Å². The number of nitrogens with zero attached hydrogens (tertiary/aromatic N) is 6. The summed E-state index contributed by atoms with van der Waals surface area (Å²) in [7, 11) is -4.69. The first-order valence-corrected chi connectivity index (χ1v) is 18.2. The van der Waals surface area contributed by atoms with Crippen molar-refractivity contribution in [3.8, 4) is 17.7 Å². The highest BCUT2D eigenvalue weighted by Gasteiger charge is 2.20. The Hall–Kier alpha value is -6.05. The maximum atomic E-state index is 13.3. The van der Waals surface area contributed by atoms with Crippen molar-refractivity contribution in [3.63, 3.8) is 0 Å². The van der Waals surface area contributed by atoms with Crippen LogP contribution in [-0.4, -0.2) is 52.1 Å². The Morgan fingerprint density at radius 3 is 2.36 bits per heavy atom. The summed E-state index contributed by atoms with van der Waals surface area (Å²) in [5, 5.41) is 61.4. The van der Waals surface area contributed by atoms with Crippen LogP contribution >= 0.6 is 12.0 Å². The number of amides is 1. The predicted molar refractivity (Wildman–Crippen MR) is 198 cm³/mol. The van der Waals surface area contributed by atoms with Gasteiger partial charge in [0.25, 0.3) is 21.6 Å². The lowest BCUT2D eigenvalue weighted by molar-refractivity contribution is -0.432. The Morgan fingerprint density at radius 1 is 1.00 bits per heavy atom. The summed E-state index contributed by atoms with van der Waals surface area (Å²) in [5.74, 6) is -0.777. The van der Waals surface area contributed by atoms with Crippen molar-refractivity contribution >= 4 is 67.3 Å². The number of aromatic nitrogens is 1. The van der Waals surface area contributed by atoms with Gasteiger partial charge in [-0.25, -0.2) is 5.26 Å². The van der Waals surface area contributed by atoms with E-state index < -0.39 is 32.4 Å². The molecule has 0 bridgehead atoms. The molecule has 55 heavy (non-hydrogen) atoms. The Labute approximate surface area is 316 Å². The number of pyridine rings is 1. The van der Waals surface area contributed by atoms with Crippen molar-refractivity contribution in [2.45, 2.75) is 37.1 Å². The summed E-state index contributed by atoms with van der Waals surface area (Å²) in [6, 6.07) is 18.1. The normalized spacial score (nSPS) is 11.7. The molecule has 20 heteroatoms. The van der Waals surface area contributed by atoms with Crippen LogP contribution in [0.15, 0.2) is 102 Å². The SMILES string of the molecule is CCn1c(O)c(/N=N/c2ccc(C(=O)Nc3cc(C)c(/N=N/c4ccc5cc(SOOO)cc(S(=O)(=O)O)c5c4)cc3OCCO)cc2)c(C)c(C#N)c1=O. The second-order valence-corrected chi connectivity index (χ2v) is 13.6. The van der Waals surface area contributed by atoms with Gasteiger partial charge in [-0.3, -0.25) is 18.7 Å². The number of fused-ring (bicyclic) bond motifs is 1. The summed E-state index contributed by atoms with van der Waals surface area (Å²) in [6.45, 7) is 4.51. The van der Waals surface area contributed by atoms with E-state index in [4.69, 9.17) is 9.99 Å². The monoisotopic (exact) mass is 789 g/mol. The number of anilines is 1. The molecule has 0 atom stereocenters. The van der Waals surface area contributed by atoms with Gasteiger partial charge in [0, 0.05) is 34.0 Å². The molecule has 0 spiro atoms. The molecule has 0 fully saturated rings. The summed E-state index contributed by atoms with van der Waals surface area (Å²) in [4.78, 5) is 25.5. The first kappa shape index (κ1) is 40.1. The molecule has 1 amide bonds. The summed E-state index contributed by atoms with van der Waals surface area (Å²) in [6.07, 6.45) is 0. The fourth-order valence-electron chi connectivity index (χ4n) is 5.26.